The molecule has 186 valence electrons. The molecule has 1 saturated heterocycles. The number of sulfonamides is 1. The van der Waals surface area contributed by atoms with Crippen molar-refractivity contribution >= 4 is 26.7 Å². The van der Waals surface area contributed by atoms with Crippen LogP contribution < -0.4 is 9.46 Å². The Morgan fingerprint density at radius 3 is 2.74 bits per heavy atom. The van der Waals surface area contributed by atoms with E-state index >= 15 is 0 Å². The number of amides is 1. The Bertz CT molecular complexity index is 1290. The van der Waals surface area contributed by atoms with E-state index in [-0.39, 0.29) is 23.5 Å². The first kappa shape index (κ1) is 25.2. The van der Waals surface area contributed by atoms with Crippen molar-refractivity contribution in [2.24, 2.45) is 0 Å². The smallest absolute Gasteiger partial charge is 0.253 e. The first-order chi connectivity index (χ1) is 16.9. The second-order valence-corrected chi connectivity index (χ2v) is 10.6. The highest BCUT2D eigenvalue weighted by Crippen LogP contribution is 2.30. The van der Waals surface area contributed by atoms with E-state index in [0.717, 1.165) is 41.3 Å². The number of hydrogen-bond donors (Lipinski definition) is 1. The molecule has 1 amide bonds. The molecule has 1 aliphatic rings. The summed E-state index contributed by atoms with van der Waals surface area (Å²) < 4.78 is 39.7. The maximum absolute atomic E-state index is 13.3. The maximum Gasteiger partial charge on any atom is 0.253 e. The average Bonchev–Trinajstić information content (AvgIpc) is 3.40. The summed E-state index contributed by atoms with van der Waals surface area (Å²) in [6.45, 7) is 3.84. The van der Waals surface area contributed by atoms with Crippen LogP contribution in [0, 0.1) is 0 Å². The van der Waals surface area contributed by atoms with Crippen molar-refractivity contribution in [1.29, 1.82) is 0 Å². The third-order valence-corrected chi connectivity index (χ3v) is 7.54. The summed E-state index contributed by atoms with van der Waals surface area (Å²) in [6, 6.07) is 18.1. The highest BCUT2D eigenvalue weighted by Gasteiger charge is 2.22. The number of nitrogens with zero attached hydrogens (tertiary/aromatic N) is 1. The molecule has 4 rings (SSSR count). The Hall–Kier alpha value is -2.94. The zero-order valence-electron chi connectivity index (χ0n) is 20.2. The van der Waals surface area contributed by atoms with Crippen molar-refractivity contribution in [1.82, 2.24) is 9.62 Å². The molecule has 0 saturated carbocycles. The molecule has 35 heavy (non-hydrogen) atoms. The van der Waals surface area contributed by atoms with Crippen LogP contribution in [0.4, 0.5) is 0 Å². The van der Waals surface area contributed by atoms with Crippen molar-refractivity contribution in [2.75, 3.05) is 26.8 Å². The lowest BCUT2D eigenvalue weighted by Crippen LogP contribution is -2.32. The van der Waals surface area contributed by atoms with Crippen molar-refractivity contribution in [3.8, 4) is 5.75 Å². The largest absolute Gasteiger partial charge is 0.493 e. The van der Waals surface area contributed by atoms with Crippen molar-refractivity contribution in [3.05, 3.63) is 71.8 Å². The minimum Gasteiger partial charge on any atom is -0.493 e. The standard InChI is InChI=1S/C27H32N2O5S/c1-3-15-34-26-14-13-20-8-4-5-12-24(20)25(26)19-29(2)27(30)21-9-6-11-23(17-21)35(31,32)28-18-22-10-7-16-33-22/h4-6,8-9,11-14,17,22,28H,3,7,10,15-16,18-19H2,1-2H3. The fourth-order valence-electron chi connectivity index (χ4n) is 4.24. The number of fused-ring (bicyclic) bond motifs is 1. The summed E-state index contributed by atoms with van der Waals surface area (Å²) in [4.78, 5) is 15.0. The van der Waals surface area contributed by atoms with Gasteiger partial charge in [-0.3, -0.25) is 4.79 Å². The molecule has 0 bridgehead atoms. The SMILES string of the molecule is CCCOc1ccc2ccccc2c1CN(C)C(=O)c1cccc(S(=O)(=O)NCC2CCCO2)c1. The molecule has 1 aliphatic heterocycles. The Balaban J connectivity index is 1.54. The second kappa shape index (κ2) is 11.2. The molecular formula is C27H32N2O5S. The minimum absolute atomic E-state index is 0.0619. The molecule has 0 spiro atoms. The van der Waals surface area contributed by atoms with E-state index in [4.69, 9.17) is 9.47 Å². The number of carbonyl (C=O) groups excluding carboxylic acids is 1. The van der Waals surface area contributed by atoms with E-state index in [1.54, 1.807) is 24.1 Å². The molecule has 0 radical (unpaired) electrons. The van der Waals surface area contributed by atoms with E-state index in [1.807, 2.05) is 43.3 Å². The summed E-state index contributed by atoms with van der Waals surface area (Å²) in [5.74, 6) is 0.482. The van der Waals surface area contributed by atoms with Gasteiger partial charge in [-0.25, -0.2) is 13.1 Å². The number of nitrogens with one attached hydrogen (secondary N) is 1. The third-order valence-electron chi connectivity index (χ3n) is 6.12. The molecule has 3 aromatic rings. The summed E-state index contributed by atoms with van der Waals surface area (Å²) >= 11 is 0. The molecule has 0 aliphatic carbocycles. The van der Waals surface area contributed by atoms with Crippen molar-refractivity contribution in [3.63, 3.8) is 0 Å². The summed E-state index contributed by atoms with van der Waals surface area (Å²) in [5, 5.41) is 2.09. The van der Waals surface area contributed by atoms with Crippen LogP contribution in [0.2, 0.25) is 0 Å². The minimum atomic E-state index is -3.75. The Morgan fingerprint density at radius 1 is 1.14 bits per heavy atom. The predicted octanol–water partition coefficient (Wildman–Crippen LogP) is 4.36. The van der Waals surface area contributed by atoms with Crippen LogP contribution in [0.25, 0.3) is 10.8 Å². The molecular weight excluding hydrogens is 464 g/mol. The molecule has 7 nitrogen and oxygen atoms in total. The number of ether oxygens (including phenoxy) is 2. The zero-order valence-corrected chi connectivity index (χ0v) is 21.0. The van der Waals surface area contributed by atoms with Crippen LogP contribution in [0.3, 0.4) is 0 Å². The number of rotatable bonds is 10. The van der Waals surface area contributed by atoms with Gasteiger partial charge in [0.25, 0.3) is 5.91 Å². The quantitative estimate of drug-likeness (QED) is 0.451. The monoisotopic (exact) mass is 496 g/mol. The second-order valence-electron chi connectivity index (χ2n) is 8.79. The van der Waals surface area contributed by atoms with Gasteiger partial charge in [0.05, 0.1) is 17.6 Å². The van der Waals surface area contributed by atoms with E-state index in [1.165, 1.54) is 12.1 Å². The molecule has 1 N–H and O–H groups in total. The molecule has 1 heterocycles. The highest BCUT2D eigenvalue weighted by molar-refractivity contribution is 7.89. The molecule has 3 aromatic carbocycles. The summed E-state index contributed by atoms with van der Waals surface area (Å²) in [6.07, 6.45) is 2.54. The molecule has 1 atom stereocenters. The zero-order chi connectivity index (χ0) is 24.8. The van der Waals surface area contributed by atoms with Crippen molar-refractivity contribution in [2.45, 2.75) is 43.7 Å². The molecule has 8 heteroatoms. The van der Waals surface area contributed by atoms with Gasteiger partial charge in [-0.05, 0) is 54.3 Å². The maximum atomic E-state index is 13.3. The predicted molar refractivity (Wildman–Crippen MR) is 136 cm³/mol. The van der Waals surface area contributed by atoms with Gasteiger partial charge in [-0.2, -0.15) is 0 Å². The van der Waals surface area contributed by atoms with Gasteiger partial charge in [0, 0.05) is 37.9 Å². The van der Waals surface area contributed by atoms with Gasteiger partial charge < -0.3 is 14.4 Å². The molecule has 0 aromatic heterocycles. The normalized spacial score (nSPS) is 15.9. The number of hydrogen-bond acceptors (Lipinski definition) is 5. The number of carbonyl (C=O) groups is 1. The lowest BCUT2D eigenvalue weighted by atomic mass is 10.0. The summed E-state index contributed by atoms with van der Waals surface area (Å²) in [5.41, 5.74) is 1.23. The highest BCUT2D eigenvalue weighted by atomic mass is 32.2. The Labute approximate surface area is 207 Å². The van der Waals surface area contributed by atoms with E-state index in [0.29, 0.717) is 25.3 Å². The third kappa shape index (κ3) is 6.01. The van der Waals surface area contributed by atoms with Gasteiger partial charge >= 0.3 is 0 Å². The van der Waals surface area contributed by atoms with Gasteiger partial charge in [0.2, 0.25) is 10.0 Å². The van der Waals surface area contributed by atoms with Gasteiger partial charge in [0.1, 0.15) is 5.75 Å². The van der Waals surface area contributed by atoms with Crippen LogP contribution in [0.1, 0.15) is 42.1 Å². The Kier molecular flexibility index (Phi) is 8.05. The molecule has 1 fully saturated rings. The van der Waals surface area contributed by atoms with E-state index in [2.05, 4.69) is 4.72 Å². The first-order valence-corrected chi connectivity index (χ1v) is 13.5. The lowest BCUT2D eigenvalue weighted by Gasteiger charge is -2.21. The van der Waals surface area contributed by atoms with Crippen LogP contribution in [-0.4, -0.2) is 52.1 Å². The van der Waals surface area contributed by atoms with E-state index in [9.17, 15) is 13.2 Å². The fourth-order valence-corrected chi connectivity index (χ4v) is 5.36. The Morgan fingerprint density at radius 2 is 1.97 bits per heavy atom. The first-order valence-electron chi connectivity index (χ1n) is 12.0. The van der Waals surface area contributed by atoms with Crippen LogP contribution in [0.5, 0.6) is 5.75 Å². The lowest BCUT2D eigenvalue weighted by molar-refractivity contribution is 0.0784. The van der Waals surface area contributed by atoms with Crippen LogP contribution >= 0.6 is 0 Å². The topological polar surface area (TPSA) is 84.9 Å². The van der Waals surface area contributed by atoms with Gasteiger partial charge in [-0.1, -0.05) is 43.3 Å². The van der Waals surface area contributed by atoms with Crippen LogP contribution in [0.15, 0.2) is 65.6 Å². The van der Waals surface area contributed by atoms with Gasteiger partial charge in [0.15, 0.2) is 0 Å². The van der Waals surface area contributed by atoms with Crippen molar-refractivity contribution < 1.29 is 22.7 Å². The average molecular weight is 497 g/mol. The van der Waals surface area contributed by atoms with Gasteiger partial charge in [-0.15, -0.1) is 0 Å². The molecule has 1 unspecified atom stereocenters. The summed E-state index contributed by atoms with van der Waals surface area (Å²) in [7, 11) is -2.04. The van der Waals surface area contributed by atoms with Crippen LogP contribution in [-0.2, 0) is 21.3 Å². The van der Waals surface area contributed by atoms with E-state index < -0.39 is 10.0 Å². The number of benzene rings is 3. The fraction of sp³-hybridized carbons (Fsp3) is 0.370.